The number of hydrogen-bond acceptors (Lipinski definition) is 2. The quantitative estimate of drug-likeness (QED) is 0.246. The predicted octanol–water partition coefficient (Wildman–Crippen LogP) is 7.40. The summed E-state index contributed by atoms with van der Waals surface area (Å²) in [6, 6.07) is 19.2. The molecule has 0 aliphatic heterocycles. The molecule has 0 spiro atoms. The molecule has 1 N–H and O–H groups in total. The van der Waals surface area contributed by atoms with Gasteiger partial charge >= 0.3 is 0 Å². The SMILES string of the molecule is CCCCNC(=O)[C@H](Cc1ccccc1)N(Cc1ccc(Cl)c(Cl)c1)C(=O)Cc1c(Cl)cccc1Cl. The maximum absolute atomic E-state index is 13.8. The van der Waals surface area contributed by atoms with Gasteiger partial charge in [-0.2, -0.15) is 0 Å². The first-order valence-corrected chi connectivity index (χ1v) is 13.3. The molecule has 3 rings (SSSR count). The Hall–Kier alpha value is -2.24. The van der Waals surface area contributed by atoms with Crippen molar-refractivity contribution < 1.29 is 9.59 Å². The van der Waals surface area contributed by atoms with Crippen molar-refractivity contribution in [2.75, 3.05) is 6.54 Å². The predicted molar refractivity (Wildman–Crippen MR) is 149 cm³/mol. The van der Waals surface area contributed by atoms with Crippen LogP contribution in [-0.2, 0) is 29.0 Å². The number of halogens is 4. The van der Waals surface area contributed by atoms with Gasteiger partial charge in [-0.15, -0.1) is 0 Å². The molecule has 3 aromatic carbocycles. The summed E-state index contributed by atoms with van der Waals surface area (Å²) in [5.74, 6) is -0.492. The normalized spacial score (nSPS) is 11.7. The Labute approximate surface area is 232 Å². The van der Waals surface area contributed by atoms with Crippen LogP contribution in [0, 0.1) is 0 Å². The maximum Gasteiger partial charge on any atom is 0.243 e. The minimum Gasteiger partial charge on any atom is -0.354 e. The molecule has 0 aliphatic carbocycles. The Kier molecular flexibility index (Phi) is 10.9. The summed E-state index contributed by atoms with van der Waals surface area (Å²) in [6.45, 7) is 2.75. The summed E-state index contributed by atoms with van der Waals surface area (Å²) in [5, 5.41) is 4.59. The molecular formula is C28H28Cl4N2O2. The lowest BCUT2D eigenvalue weighted by molar-refractivity contribution is -0.140. The van der Waals surface area contributed by atoms with E-state index in [0.29, 0.717) is 38.6 Å². The molecule has 0 fully saturated rings. The lowest BCUT2D eigenvalue weighted by Gasteiger charge is -2.32. The molecule has 190 valence electrons. The summed E-state index contributed by atoms with van der Waals surface area (Å²) in [5.41, 5.74) is 2.22. The number of nitrogens with one attached hydrogen (secondary N) is 1. The number of benzene rings is 3. The van der Waals surface area contributed by atoms with Crippen molar-refractivity contribution >= 4 is 58.2 Å². The van der Waals surface area contributed by atoms with Crippen molar-refractivity contribution in [3.8, 4) is 0 Å². The van der Waals surface area contributed by atoms with Gasteiger partial charge in [-0.25, -0.2) is 0 Å². The summed E-state index contributed by atoms with van der Waals surface area (Å²) in [4.78, 5) is 28.8. The van der Waals surface area contributed by atoms with E-state index >= 15 is 0 Å². The van der Waals surface area contributed by atoms with Crippen LogP contribution in [0.2, 0.25) is 20.1 Å². The minimum absolute atomic E-state index is 0.0483. The highest BCUT2D eigenvalue weighted by molar-refractivity contribution is 6.42. The van der Waals surface area contributed by atoms with Crippen LogP contribution in [0.25, 0.3) is 0 Å². The van der Waals surface area contributed by atoms with Gasteiger partial charge in [0.1, 0.15) is 6.04 Å². The maximum atomic E-state index is 13.8. The van der Waals surface area contributed by atoms with Crippen molar-refractivity contribution in [1.82, 2.24) is 10.2 Å². The Balaban J connectivity index is 2.00. The highest BCUT2D eigenvalue weighted by atomic mass is 35.5. The van der Waals surface area contributed by atoms with Gasteiger partial charge < -0.3 is 10.2 Å². The van der Waals surface area contributed by atoms with Crippen molar-refractivity contribution in [2.45, 2.75) is 45.2 Å². The first kappa shape index (κ1) is 28.3. The average molecular weight is 566 g/mol. The van der Waals surface area contributed by atoms with Gasteiger partial charge in [0.05, 0.1) is 16.5 Å². The summed E-state index contributed by atoms with van der Waals surface area (Å²) < 4.78 is 0. The highest BCUT2D eigenvalue weighted by Gasteiger charge is 2.31. The monoisotopic (exact) mass is 564 g/mol. The number of rotatable bonds is 11. The fourth-order valence-corrected chi connectivity index (χ4v) is 4.70. The van der Waals surface area contributed by atoms with Crippen LogP contribution in [0.1, 0.15) is 36.5 Å². The van der Waals surface area contributed by atoms with Gasteiger partial charge in [0, 0.05) is 29.6 Å². The van der Waals surface area contributed by atoms with Crippen LogP contribution in [0.15, 0.2) is 66.7 Å². The Morgan fingerprint density at radius 3 is 2.17 bits per heavy atom. The lowest BCUT2D eigenvalue weighted by Crippen LogP contribution is -2.51. The Bertz CT molecular complexity index is 1170. The first-order chi connectivity index (χ1) is 17.3. The average Bonchev–Trinajstić information content (AvgIpc) is 2.86. The van der Waals surface area contributed by atoms with Gasteiger partial charge in [-0.1, -0.05) is 102 Å². The second-order valence-corrected chi connectivity index (χ2v) is 10.1. The smallest absolute Gasteiger partial charge is 0.243 e. The molecule has 0 saturated heterocycles. The number of carbonyl (C=O) groups excluding carboxylic acids is 2. The zero-order chi connectivity index (χ0) is 26.1. The molecule has 36 heavy (non-hydrogen) atoms. The van der Waals surface area contributed by atoms with E-state index in [1.807, 2.05) is 30.3 Å². The molecule has 0 saturated carbocycles. The van der Waals surface area contributed by atoms with Gasteiger partial charge in [-0.05, 0) is 47.4 Å². The van der Waals surface area contributed by atoms with Crippen molar-refractivity contribution in [2.24, 2.45) is 0 Å². The van der Waals surface area contributed by atoms with E-state index in [2.05, 4.69) is 12.2 Å². The molecule has 8 heteroatoms. The summed E-state index contributed by atoms with van der Waals surface area (Å²) in [7, 11) is 0. The van der Waals surface area contributed by atoms with Crippen molar-refractivity contribution in [1.29, 1.82) is 0 Å². The Morgan fingerprint density at radius 1 is 0.833 bits per heavy atom. The van der Waals surface area contributed by atoms with Gasteiger partial charge in [0.2, 0.25) is 11.8 Å². The molecular weight excluding hydrogens is 538 g/mol. The standard InChI is InChI=1S/C28H28Cl4N2O2/c1-2-3-14-33-28(36)26(16-19-8-5-4-6-9-19)34(18-20-12-13-24(31)25(32)15-20)27(35)17-21-22(29)10-7-11-23(21)30/h4-13,15,26H,2-3,14,16-18H2,1H3,(H,33,36)/t26-/m0/s1. The topological polar surface area (TPSA) is 49.4 Å². The number of carbonyl (C=O) groups is 2. The van der Waals surface area contributed by atoms with Gasteiger partial charge in [0.15, 0.2) is 0 Å². The molecule has 0 heterocycles. The second-order valence-electron chi connectivity index (χ2n) is 8.50. The number of nitrogens with zero attached hydrogens (tertiary/aromatic N) is 1. The zero-order valence-corrected chi connectivity index (χ0v) is 23.0. The minimum atomic E-state index is -0.757. The first-order valence-electron chi connectivity index (χ1n) is 11.8. The molecule has 0 radical (unpaired) electrons. The van der Waals surface area contributed by atoms with E-state index in [1.54, 1.807) is 41.3 Å². The largest absolute Gasteiger partial charge is 0.354 e. The fourth-order valence-electron chi connectivity index (χ4n) is 3.85. The van der Waals surface area contributed by atoms with Crippen LogP contribution in [0.3, 0.4) is 0 Å². The van der Waals surface area contributed by atoms with E-state index in [1.165, 1.54) is 0 Å². The third-order valence-electron chi connectivity index (χ3n) is 5.83. The summed E-state index contributed by atoms with van der Waals surface area (Å²) in [6.07, 6.45) is 2.09. The van der Waals surface area contributed by atoms with Gasteiger partial charge in [0.25, 0.3) is 0 Å². The molecule has 0 unspecified atom stereocenters. The van der Waals surface area contributed by atoms with E-state index in [-0.39, 0.29) is 24.8 Å². The molecule has 4 nitrogen and oxygen atoms in total. The van der Waals surface area contributed by atoms with Crippen molar-refractivity contribution in [3.05, 3.63) is 104 Å². The Morgan fingerprint density at radius 2 is 1.53 bits per heavy atom. The van der Waals surface area contributed by atoms with Gasteiger partial charge in [-0.3, -0.25) is 9.59 Å². The van der Waals surface area contributed by atoms with E-state index in [0.717, 1.165) is 24.0 Å². The van der Waals surface area contributed by atoms with E-state index < -0.39 is 6.04 Å². The third kappa shape index (κ3) is 7.88. The third-order valence-corrected chi connectivity index (χ3v) is 7.27. The van der Waals surface area contributed by atoms with Crippen LogP contribution in [0.4, 0.5) is 0 Å². The van der Waals surface area contributed by atoms with E-state index in [9.17, 15) is 9.59 Å². The second kappa shape index (κ2) is 13.9. The lowest BCUT2D eigenvalue weighted by atomic mass is 10.0. The van der Waals surface area contributed by atoms with E-state index in [4.69, 9.17) is 46.4 Å². The molecule has 2 amide bonds. The molecule has 0 aromatic heterocycles. The van der Waals surface area contributed by atoms with Crippen LogP contribution >= 0.6 is 46.4 Å². The summed E-state index contributed by atoms with van der Waals surface area (Å²) >= 11 is 25.1. The number of unbranched alkanes of at least 4 members (excludes halogenated alkanes) is 1. The van der Waals surface area contributed by atoms with Crippen molar-refractivity contribution in [3.63, 3.8) is 0 Å². The molecule has 3 aromatic rings. The zero-order valence-electron chi connectivity index (χ0n) is 19.9. The van der Waals surface area contributed by atoms with Crippen LogP contribution < -0.4 is 5.32 Å². The highest BCUT2D eigenvalue weighted by Crippen LogP contribution is 2.27. The number of amides is 2. The van der Waals surface area contributed by atoms with Crippen LogP contribution in [0.5, 0.6) is 0 Å². The molecule has 1 atom stereocenters. The number of hydrogen-bond donors (Lipinski definition) is 1. The fraction of sp³-hybridized carbons (Fsp3) is 0.286. The molecule has 0 aliphatic rings. The molecule has 0 bridgehead atoms. The van der Waals surface area contributed by atoms with Crippen LogP contribution in [-0.4, -0.2) is 29.3 Å².